The van der Waals surface area contributed by atoms with Crippen molar-refractivity contribution in [1.29, 1.82) is 5.26 Å². The van der Waals surface area contributed by atoms with Gasteiger partial charge in [-0.1, -0.05) is 48.5 Å². The number of rotatable bonds is 7. The summed E-state index contributed by atoms with van der Waals surface area (Å²) in [7, 11) is 0. The maximum absolute atomic E-state index is 15.3. The number of piperidine rings is 1. The molecule has 1 aromatic heterocycles. The maximum atomic E-state index is 15.3. The van der Waals surface area contributed by atoms with E-state index in [2.05, 4.69) is 5.32 Å². The summed E-state index contributed by atoms with van der Waals surface area (Å²) >= 11 is 0. The fourth-order valence-corrected chi connectivity index (χ4v) is 6.68. The number of nitrogens with zero attached hydrogens (tertiary/aromatic N) is 3. The minimum Gasteiger partial charge on any atom is -0.360 e. The van der Waals surface area contributed by atoms with Gasteiger partial charge >= 0.3 is 11.9 Å². The van der Waals surface area contributed by atoms with Crippen LogP contribution in [0.5, 0.6) is 0 Å². The number of nitrogens with two attached hydrogens (primary N) is 1. The van der Waals surface area contributed by atoms with E-state index in [1.165, 1.54) is 18.2 Å². The molecule has 47 heavy (non-hydrogen) atoms. The van der Waals surface area contributed by atoms with E-state index in [1.54, 1.807) is 36.4 Å². The zero-order chi connectivity index (χ0) is 33.5. The molecule has 1 unspecified atom stereocenters. The molecule has 0 aliphatic carbocycles. The van der Waals surface area contributed by atoms with Crippen LogP contribution >= 0.6 is 0 Å². The molecule has 1 saturated heterocycles. The summed E-state index contributed by atoms with van der Waals surface area (Å²) in [6, 6.07) is 16.3. The van der Waals surface area contributed by atoms with Crippen LogP contribution in [-0.4, -0.2) is 22.2 Å². The van der Waals surface area contributed by atoms with Gasteiger partial charge in [0.15, 0.2) is 0 Å². The number of ether oxygens (including phenoxy) is 1. The van der Waals surface area contributed by atoms with Crippen LogP contribution in [0.1, 0.15) is 64.1 Å². The zero-order valence-electron chi connectivity index (χ0n) is 25.0. The minimum atomic E-state index is -4.96. The number of nitrogens with one attached hydrogen (secondary N) is 1. The molecular formula is C34H30F5N5O3. The summed E-state index contributed by atoms with van der Waals surface area (Å²) < 4.78 is 81.4. The van der Waals surface area contributed by atoms with Gasteiger partial charge in [-0.15, -0.1) is 0 Å². The zero-order valence-corrected chi connectivity index (χ0v) is 25.0. The minimum absolute atomic E-state index is 0.0436. The predicted molar refractivity (Wildman–Crippen MR) is 161 cm³/mol. The number of fused-ring (bicyclic) bond motifs is 2. The smallest absolute Gasteiger partial charge is 0.360 e. The third-order valence-electron chi connectivity index (χ3n) is 8.96. The lowest BCUT2D eigenvalue weighted by atomic mass is 9.85. The van der Waals surface area contributed by atoms with Crippen LogP contribution < -0.4 is 22.3 Å². The van der Waals surface area contributed by atoms with Crippen molar-refractivity contribution in [3.8, 4) is 6.07 Å². The molecule has 3 N–H and O–H groups in total. The van der Waals surface area contributed by atoms with Gasteiger partial charge in [-0.3, -0.25) is 13.9 Å². The number of halogens is 5. The number of hydrogen-bond acceptors (Lipinski definition) is 6. The fourth-order valence-electron chi connectivity index (χ4n) is 6.68. The maximum Gasteiger partial charge on any atom is 0.416 e. The van der Waals surface area contributed by atoms with Crippen LogP contribution in [0.3, 0.4) is 0 Å². The molecule has 3 aromatic carbocycles. The van der Waals surface area contributed by atoms with Crippen molar-refractivity contribution in [2.24, 2.45) is 5.73 Å². The molecule has 4 aromatic rings. The topological polar surface area (TPSA) is 115 Å². The normalized spacial score (nSPS) is 17.8. The number of aromatic nitrogens is 2. The number of alkyl halides is 3. The third-order valence-corrected chi connectivity index (χ3v) is 8.96. The Balaban J connectivity index is 1.61. The Labute approximate surface area is 265 Å². The Morgan fingerprint density at radius 2 is 1.70 bits per heavy atom. The Morgan fingerprint density at radius 1 is 1.00 bits per heavy atom. The summed E-state index contributed by atoms with van der Waals surface area (Å²) in [6.45, 7) is -0.384. The molecule has 1 fully saturated rings. The van der Waals surface area contributed by atoms with Gasteiger partial charge < -0.3 is 15.8 Å². The van der Waals surface area contributed by atoms with E-state index in [4.69, 9.17) is 10.5 Å². The third kappa shape index (κ3) is 5.88. The number of benzene rings is 3. The Kier molecular flexibility index (Phi) is 8.61. The summed E-state index contributed by atoms with van der Waals surface area (Å²) in [4.78, 5) is 28.7. The second-order valence-corrected chi connectivity index (χ2v) is 11.8. The first-order valence-electron chi connectivity index (χ1n) is 15.0. The molecule has 2 aliphatic heterocycles. The first kappa shape index (κ1) is 32.3. The van der Waals surface area contributed by atoms with E-state index in [1.807, 2.05) is 0 Å². The van der Waals surface area contributed by atoms with E-state index in [0.717, 1.165) is 27.3 Å². The van der Waals surface area contributed by atoms with E-state index in [9.17, 15) is 28.0 Å². The molecule has 1 spiro atoms. The molecule has 6 rings (SSSR count). The fraction of sp³-hybridized carbons (Fsp3) is 0.324. The average Bonchev–Trinajstić information content (AvgIpc) is 3.35. The molecule has 244 valence electrons. The molecule has 0 saturated carbocycles. The van der Waals surface area contributed by atoms with Gasteiger partial charge in [0.1, 0.15) is 29.4 Å². The Morgan fingerprint density at radius 3 is 2.38 bits per heavy atom. The highest BCUT2D eigenvalue weighted by Gasteiger charge is 2.50. The number of hydrogen-bond donors (Lipinski definition) is 2. The highest BCUT2D eigenvalue weighted by Crippen LogP contribution is 2.48. The predicted octanol–water partition coefficient (Wildman–Crippen LogP) is 4.82. The monoisotopic (exact) mass is 651 g/mol. The van der Waals surface area contributed by atoms with Gasteiger partial charge in [0.2, 0.25) is 0 Å². The molecule has 13 heteroatoms. The van der Waals surface area contributed by atoms with Crippen molar-refractivity contribution < 1.29 is 26.7 Å². The molecular weight excluding hydrogens is 621 g/mol. The SMILES string of the molecule is N#Cc1cccc(C[C@H]2OC3(CCNCC3)c3c2n(Cc2c(F)cccc2C(F)(F)F)c(=O)n(CC(N)c2ccccc2)c3=O)c1F. The van der Waals surface area contributed by atoms with Gasteiger partial charge in [-0.2, -0.15) is 18.4 Å². The van der Waals surface area contributed by atoms with E-state index in [-0.39, 0.29) is 48.2 Å². The highest BCUT2D eigenvalue weighted by molar-refractivity contribution is 5.40. The molecule has 3 heterocycles. The van der Waals surface area contributed by atoms with Crippen molar-refractivity contribution in [2.45, 2.75) is 56.3 Å². The summed E-state index contributed by atoms with van der Waals surface area (Å²) in [6.07, 6.45) is -5.86. The van der Waals surface area contributed by atoms with Crippen molar-refractivity contribution in [3.05, 3.63) is 138 Å². The average molecular weight is 652 g/mol. The van der Waals surface area contributed by atoms with Gasteiger partial charge in [0, 0.05) is 18.0 Å². The summed E-state index contributed by atoms with van der Waals surface area (Å²) in [5.74, 6) is -2.02. The van der Waals surface area contributed by atoms with Crippen molar-refractivity contribution >= 4 is 0 Å². The second-order valence-electron chi connectivity index (χ2n) is 11.8. The van der Waals surface area contributed by atoms with Crippen LogP contribution in [0.2, 0.25) is 0 Å². The molecule has 0 radical (unpaired) electrons. The summed E-state index contributed by atoms with van der Waals surface area (Å²) in [5.41, 5.74) is 1.75. The van der Waals surface area contributed by atoms with Crippen molar-refractivity contribution in [1.82, 2.24) is 14.5 Å². The van der Waals surface area contributed by atoms with Crippen LogP contribution in [0, 0.1) is 23.0 Å². The lowest BCUT2D eigenvalue weighted by Gasteiger charge is -2.34. The highest BCUT2D eigenvalue weighted by atomic mass is 19.4. The quantitative estimate of drug-likeness (QED) is 0.277. The molecule has 0 amide bonds. The van der Waals surface area contributed by atoms with Crippen LogP contribution in [0.25, 0.3) is 0 Å². The largest absolute Gasteiger partial charge is 0.416 e. The van der Waals surface area contributed by atoms with Crippen molar-refractivity contribution in [2.75, 3.05) is 13.1 Å². The van der Waals surface area contributed by atoms with Crippen LogP contribution in [-0.2, 0) is 36.0 Å². The van der Waals surface area contributed by atoms with Gasteiger partial charge in [-0.25, -0.2) is 13.6 Å². The summed E-state index contributed by atoms with van der Waals surface area (Å²) in [5, 5.41) is 12.6. The second kappa shape index (κ2) is 12.5. The Hall–Kier alpha value is -4.64. The van der Waals surface area contributed by atoms with Gasteiger partial charge in [0.25, 0.3) is 5.56 Å². The molecule has 0 bridgehead atoms. The Bertz CT molecular complexity index is 1980. The lowest BCUT2D eigenvalue weighted by Crippen LogP contribution is -2.49. The standard InChI is InChI=1S/C34H30F5N5O3/c35-25-11-5-10-24(34(37,38)39)23(25)18-43-30-27(16-21-8-4-9-22(17-40)29(21)36)47-33(12-14-42-15-13-33)28(30)31(45)44(32(43)46)19-26(41)20-6-2-1-3-7-20/h1-11,26-27,42H,12-16,18-19,41H2/t26?,27-/m1/s1. The first-order valence-corrected chi connectivity index (χ1v) is 15.0. The lowest BCUT2D eigenvalue weighted by molar-refractivity contribution is -0.138. The molecule has 2 atom stereocenters. The van der Waals surface area contributed by atoms with Gasteiger partial charge in [0.05, 0.1) is 35.5 Å². The van der Waals surface area contributed by atoms with Crippen LogP contribution in [0.15, 0.2) is 76.3 Å². The van der Waals surface area contributed by atoms with E-state index >= 15 is 8.78 Å². The first-order chi connectivity index (χ1) is 22.4. The van der Waals surface area contributed by atoms with E-state index in [0.29, 0.717) is 18.7 Å². The number of nitriles is 1. The van der Waals surface area contributed by atoms with Crippen molar-refractivity contribution in [3.63, 3.8) is 0 Å². The van der Waals surface area contributed by atoms with Crippen LogP contribution in [0.4, 0.5) is 22.0 Å². The molecule has 8 nitrogen and oxygen atoms in total. The van der Waals surface area contributed by atoms with E-state index < -0.39 is 64.5 Å². The van der Waals surface area contributed by atoms with Gasteiger partial charge in [-0.05, 0) is 55.3 Å². The molecule has 2 aliphatic rings.